The Balaban J connectivity index is 0.00000117. The van der Waals surface area contributed by atoms with Crippen molar-refractivity contribution >= 4 is 23.4 Å². The average Bonchev–Trinajstić information content (AvgIpc) is 3.03. The van der Waals surface area contributed by atoms with Crippen LogP contribution in [0.15, 0.2) is 18.2 Å². The van der Waals surface area contributed by atoms with E-state index in [1.54, 1.807) is 12.1 Å². The lowest BCUT2D eigenvalue weighted by molar-refractivity contribution is -0.143. The number of rotatable bonds is 4. The zero-order chi connectivity index (χ0) is 19.1. The molecule has 0 saturated carbocycles. The Labute approximate surface area is 152 Å². The first-order chi connectivity index (χ1) is 12.5. The van der Waals surface area contributed by atoms with Crippen molar-refractivity contribution in [2.45, 2.75) is 26.9 Å². The Morgan fingerprint density at radius 3 is 2.62 bits per heavy atom. The van der Waals surface area contributed by atoms with E-state index in [0.717, 1.165) is 0 Å². The molecule has 0 bridgehead atoms. The molecule has 1 aromatic carbocycles. The molecule has 2 saturated heterocycles. The predicted molar refractivity (Wildman–Crippen MR) is 95.0 cm³/mol. The molecule has 8 heteroatoms. The van der Waals surface area contributed by atoms with E-state index < -0.39 is 24.0 Å². The average molecular weight is 368 g/mol. The van der Waals surface area contributed by atoms with E-state index in [2.05, 4.69) is 0 Å². The zero-order valence-electron chi connectivity index (χ0n) is 15.4. The topological polar surface area (TPSA) is 68.3 Å². The van der Waals surface area contributed by atoms with Gasteiger partial charge in [0.1, 0.15) is 12.4 Å². The zero-order valence-corrected chi connectivity index (χ0v) is 15.4. The number of esters is 1. The third-order valence-corrected chi connectivity index (χ3v) is 3.94. The molecular formula is C18H25FN2O5. The van der Waals surface area contributed by atoms with E-state index in [4.69, 9.17) is 14.2 Å². The van der Waals surface area contributed by atoms with Gasteiger partial charge >= 0.3 is 12.1 Å². The molecule has 144 valence electrons. The summed E-state index contributed by atoms with van der Waals surface area (Å²) in [6.45, 7) is 7.89. The lowest BCUT2D eigenvalue weighted by Gasteiger charge is -2.29. The van der Waals surface area contributed by atoms with E-state index >= 15 is 0 Å². The number of hydrogen-bond acceptors (Lipinski definition) is 6. The van der Waals surface area contributed by atoms with E-state index in [9.17, 15) is 14.0 Å². The molecule has 2 fully saturated rings. The first kappa shape index (κ1) is 20.0. The van der Waals surface area contributed by atoms with Crippen LogP contribution in [0, 0.1) is 5.82 Å². The Morgan fingerprint density at radius 1 is 1.31 bits per heavy atom. The fourth-order valence-corrected chi connectivity index (χ4v) is 2.75. The molecule has 0 N–H and O–H groups in total. The van der Waals surface area contributed by atoms with Crippen LogP contribution in [0.5, 0.6) is 0 Å². The minimum Gasteiger partial charge on any atom is -0.462 e. The number of amides is 1. The number of cyclic esters (lactones) is 1. The van der Waals surface area contributed by atoms with Crippen LogP contribution in [-0.4, -0.2) is 57.6 Å². The molecule has 7 nitrogen and oxygen atoms in total. The Kier molecular flexibility index (Phi) is 7.20. The molecular weight excluding hydrogens is 343 g/mol. The van der Waals surface area contributed by atoms with Crippen LogP contribution >= 0.6 is 0 Å². The first-order valence-corrected chi connectivity index (χ1v) is 8.78. The molecule has 2 heterocycles. The van der Waals surface area contributed by atoms with Crippen LogP contribution in [0.1, 0.15) is 20.8 Å². The largest absolute Gasteiger partial charge is 0.462 e. The lowest BCUT2D eigenvalue weighted by Crippen LogP contribution is -2.36. The smallest absolute Gasteiger partial charge is 0.414 e. The van der Waals surface area contributed by atoms with Crippen molar-refractivity contribution in [3.8, 4) is 0 Å². The lowest BCUT2D eigenvalue weighted by atomic mass is 10.2. The number of morpholine rings is 1. The summed E-state index contributed by atoms with van der Waals surface area (Å²) in [5.41, 5.74) is 0.908. The normalized spacial score (nSPS) is 19.5. The van der Waals surface area contributed by atoms with Gasteiger partial charge < -0.3 is 19.1 Å². The van der Waals surface area contributed by atoms with Crippen LogP contribution in [0.25, 0.3) is 0 Å². The maximum absolute atomic E-state index is 14.4. The van der Waals surface area contributed by atoms with Gasteiger partial charge in [0.25, 0.3) is 0 Å². The highest BCUT2D eigenvalue weighted by molar-refractivity contribution is 5.90. The van der Waals surface area contributed by atoms with E-state index in [0.29, 0.717) is 37.7 Å². The summed E-state index contributed by atoms with van der Waals surface area (Å²) in [5, 5.41) is 0. The number of halogens is 1. The standard InChI is InChI=1S/C16H19FN2O5.C2H6/c1-11(20)23-10-13-9-19(16(21)24-13)12-2-3-15(14(17)8-12)18-4-6-22-7-5-18;1-2/h2-3,8,13H,4-7,9-10H2,1H3;1-2H3. The van der Waals surface area contributed by atoms with Crippen molar-refractivity contribution < 1.29 is 28.2 Å². The van der Waals surface area contributed by atoms with E-state index in [1.807, 2.05) is 18.7 Å². The fourth-order valence-electron chi connectivity index (χ4n) is 2.75. The molecule has 2 aliphatic heterocycles. The Bertz CT molecular complexity index is 634. The second kappa shape index (κ2) is 9.38. The summed E-state index contributed by atoms with van der Waals surface area (Å²) in [6.07, 6.45) is -1.13. The Morgan fingerprint density at radius 2 is 2.00 bits per heavy atom. The molecule has 1 unspecified atom stereocenters. The van der Waals surface area contributed by atoms with Crippen molar-refractivity contribution in [3.63, 3.8) is 0 Å². The maximum Gasteiger partial charge on any atom is 0.414 e. The number of nitrogens with zero attached hydrogens (tertiary/aromatic N) is 2. The SMILES string of the molecule is CC.CC(=O)OCC1CN(c2ccc(N3CCOCC3)c(F)c2)C(=O)O1. The number of carbonyl (C=O) groups is 2. The van der Waals surface area contributed by atoms with Crippen molar-refractivity contribution in [2.75, 3.05) is 49.3 Å². The molecule has 0 radical (unpaired) electrons. The highest BCUT2D eigenvalue weighted by Gasteiger charge is 2.33. The number of ether oxygens (including phenoxy) is 3. The van der Waals surface area contributed by atoms with Crippen molar-refractivity contribution in [1.82, 2.24) is 0 Å². The summed E-state index contributed by atoms with van der Waals surface area (Å²) in [4.78, 5) is 26.0. The highest BCUT2D eigenvalue weighted by atomic mass is 19.1. The van der Waals surface area contributed by atoms with Gasteiger partial charge in [-0.3, -0.25) is 9.69 Å². The summed E-state index contributed by atoms with van der Waals surface area (Å²) < 4.78 is 29.7. The fraction of sp³-hybridized carbons (Fsp3) is 0.556. The maximum atomic E-state index is 14.4. The molecule has 2 aliphatic rings. The van der Waals surface area contributed by atoms with E-state index in [-0.39, 0.29) is 13.2 Å². The molecule has 0 aliphatic carbocycles. The molecule has 26 heavy (non-hydrogen) atoms. The van der Waals surface area contributed by atoms with Crippen LogP contribution < -0.4 is 9.80 Å². The van der Waals surface area contributed by atoms with Gasteiger partial charge in [0, 0.05) is 20.0 Å². The number of hydrogen-bond donors (Lipinski definition) is 0. The van der Waals surface area contributed by atoms with Gasteiger partial charge in [0.15, 0.2) is 6.10 Å². The van der Waals surface area contributed by atoms with Gasteiger partial charge in [-0.2, -0.15) is 0 Å². The first-order valence-electron chi connectivity index (χ1n) is 8.78. The monoisotopic (exact) mass is 368 g/mol. The number of carbonyl (C=O) groups excluding carboxylic acids is 2. The predicted octanol–water partition coefficient (Wildman–Crippen LogP) is 2.58. The quantitative estimate of drug-likeness (QED) is 0.761. The molecule has 1 atom stereocenters. The van der Waals surface area contributed by atoms with Gasteiger partial charge in [-0.05, 0) is 18.2 Å². The van der Waals surface area contributed by atoms with Gasteiger partial charge in [0.2, 0.25) is 0 Å². The van der Waals surface area contributed by atoms with Crippen molar-refractivity contribution in [3.05, 3.63) is 24.0 Å². The summed E-state index contributed by atoms with van der Waals surface area (Å²) >= 11 is 0. The minimum atomic E-state index is -0.578. The van der Waals surface area contributed by atoms with Gasteiger partial charge in [-0.1, -0.05) is 13.8 Å². The summed E-state index contributed by atoms with van der Waals surface area (Å²) in [6, 6.07) is 4.66. The number of benzene rings is 1. The summed E-state index contributed by atoms with van der Waals surface area (Å²) in [5.74, 6) is -0.837. The summed E-state index contributed by atoms with van der Waals surface area (Å²) in [7, 11) is 0. The molecule has 1 aromatic rings. The minimum absolute atomic E-state index is 0.00802. The highest BCUT2D eigenvalue weighted by Crippen LogP contribution is 2.28. The third kappa shape index (κ3) is 4.85. The van der Waals surface area contributed by atoms with Crippen LogP contribution in [0.4, 0.5) is 20.6 Å². The van der Waals surface area contributed by atoms with Crippen LogP contribution in [0.3, 0.4) is 0 Å². The van der Waals surface area contributed by atoms with Crippen molar-refractivity contribution in [2.24, 2.45) is 0 Å². The third-order valence-electron chi connectivity index (χ3n) is 3.94. The molecule has 1 amide bonds. The van der Waals surface area contributed by atoms with Crippen LogP contribution in [-0.2, 0) is 19.0 Å². The molecule has 0 aromatic heterocycles. The number of anilines is 2. The van der Waals surface area contributed by atoms with Gasteiger partial charge in [0.05, 0.1) is 31.1 Å². The van der Waals surface area contributed by atoms with Gasteiger partial charge in [-0.15, -0.1) is 0 Å². The van der Waals surface area contributed by atoms with Gasteiger partial charge in [-0.25, -0.2) is 9.18 Å². The Hall–Kier alpha value is -2.35. The van der Waals surface area contributed by atoms with Crippen LogP contribution in [0.2, 0.25) is 0 Å². The second-order valence-corrected chi connectivity index (χ2v) is 5.65. The second-order valence-electron chi connectivity index (χ2n) is 5.65. The van der Waals surface area contributed by atoms with Crippen molar-refractivity contribution in [1.29, 1.82) is 0 Å². The molecule has 0 spiro atoms. The molecule has 3 rings (SSSR count). The van der Waals surface area contributed by atoms with E-state index in [1.165, 1.54) is 17.9 Å².